The predicted molar refractivity (Wildman–Crippen MR) is 127 cm³/mol. The topological polar surface area (TPSA) is 40.5 Å². The zero-order valence-electron chi connectivity index (χ0n) is 19.9. The fraction of sp³-hybridized carbons (Fsp3) is 0.714. The van der Waals surface area contributed by atoms with Gasteiger partial charge in [0.05, 0.1) is 12.2 Å². The Hall–Kier alpha value is -1.12. The van der Waals surface area contributed by atoms with Gasteiger partial charge in [0.25, 0.3) is 0 Å². The number of aliphatic hydroxyl groups excluding tert-OH is 2. The molecule has 2 N–H and O–H groups in total. The third-order valence-corrected chi connectivity index (χ3v) is 8.60. The standard InChI is InChI=1S/C28H44O2/c1-18(2)19(3)9-10-21(5)27-26(30)17-25-22(8-7-15-28(25,27)6)12-13-23-16-24(29)14-11-20(23)4/h9-10,12-13,18-19,21,24-27,29-30H,4,7-8,11,14-17H2,1-3,5-6H3/b10-9+,22-12+,23-13+/t19-,21+,24-,25-,26?,27-,28+/m0/s1. The molecule has 168 valence electrons. The van der Waals surface area contributed by atoms with Crippen LogP contribution in [-0.4, -0.2) is 22.4 Å². The van der Waals surface area contributed by atoms with Crippen molar-refractivity contribution in [3.63, 3.8) is 0 Å². The molecule has 0 amide bonds. The molecule has 3 aliphatic carbocycles. The fourth-order valence-corrected chi connectivity index (χ4v) is 6.33. The molecule has 0 bridgehead atoms. The maximum Gasteiger partial charge on any atom is 0.0585 e. The highest BCUT2D eigenvalue weighted by atomic mass is 16.3. The van der Waals surface area contributed by atoms with Gasteiger partial charge in [-0.15, -0.1) is 0 Å². The van der Waals surface area contributed by atoms with E-state index < -0.39 is 0 Å². The van der Waals surface area contributed by atoms with E-state index in [0.717, 1.165) is 32.1 Å². The highest BCUT2D eigenvalue weighted by Crippen LogP contribution is 2.59. The highest BCUT2D eigenvalue weighted by molar-refractivity contribution is 5.36. The molecule has 3 rings (SSSR count). The lowest BCUT2D eigenvalue weighted by atomic mass is 9.61. The van der Waals surface area contributed by atoms with E-state index in [2.05, 4.69) is 65.5 Å². The summed E-state index contributed by atoms with van der Waals surface area (Å²) < 4.78 is 0. The van der Waals surface area contributed by atoms with Gasteiger partial charge in [0, 0.05) is 0 Å². The van der Waals surface area contributed by atoms with E-state index in [1.807, 2.05) is 0 Å². The van der Waals surface area contributed by atoms with Crippen LogP contribution in [-0.2, 0) is 0 Å². The predicted octanol–water partition coefficient (Wildman–Crippen LogP) is 6.61. The molecule has 7 atom stereocenters. The first-order valence-electron chi connectivity index (χ1n) is 12.3. The minimum absolute atomic E-state index is 0.163. The summed E-state index contributed by atoms with van der Waals surface area (Å²) in [5, 5.41) is 21.2. The van der Waals surface area contributed by atoms with Crippen LogP contribution in [0.25, 0.3) is 0 Å². The van der Waals surface area contributed by atoms with Crippen molar-refractivity contribution in [3.8, 4) is 0 Å². The van der Waals surface area contributed by atoms with Crippen LogP contribution in [0.3, 0.4) is 0 Å². The van der Waals surface area contributed by atoms with Crippen molar-refractivity contribution in [1.82, 2.24) is 0 Å². The third-order valence-electron chi connectivity index (χ3n) is 8.60. The van der Waals surface area contributed by atoms with Crippen LogP contribution >= 0.6 is 0 Å². The molecular formula is C28H44O2. The van der Waals surface area contributed by atoms with Gasteiger partial charge in [-0.05, 0) is 85.5 Å². The SMILES string of the molecule is C=C1CC[C@H](O)C/C1=C\C=C1/CCC[C@@]2(C)[C@@H]([C@H](C)/C=C/[C@H](C)C(C)C)C(O)C[C@@H]12. The van der Waals surface area contributed by atoms with E-state index in [-0.39, 0.29) is 17.6 Å². The first-order chi connectivity index (χ1) is 14.1. The first-order valence-corrected chi connectivity index (χ1v) is 12.3. The number of rotatable bonds is 5. The maximum absolute atomic E-state index is 11.1. The number of hydrogen-bond donors (Lipinski definition) is 2. The minimum Gasteiger partial charge on any atom is -0.393 e. The van der Waals surface area contributed by atoms with Crippen molar-refractivity contribution in [3.05, 3.63) is 47.6 Å². The third kappa shape index (κ3) is 4.86. The van der Waals surface area contributed by atoms with Crippen molar-refractivity contribution in [1.29, 1.82) is 0 Å². The summed E-state index contributed by atoms with van der Waals surface area (Å²) >= 11 is 0. The lowest BCUT2D eigenvalue weighted by molar-refractivity contribution is 0.0437. The largest absolute Gasteiger partial charge is 0.393 e. The lowest BCUT2D eigenvalue weighted by Crippen LogP contribution is -2.38. The van der Waals surface area contributed by atoms with Crippen molar-refractivity contribution >= 4 is 0 Å². The fourth-order valence-electron chi connectivity index (χ4n) is 6.33. The Morgan fingerprint density at radius 1 is 1.07 bits per heavy atom. The number of fused-ring (bicyclic) bond motifs is 1. The zero-order valence-corrected chi connectivity index (χ0v) is 19.9. The van der Waals surface area contributed by atoms with E-state index >= 15 is 0 Å². The monoisotopic (exact) mass is 412 g/mol. The normalized spacial score (nSPS) is 39.8. The summed E-state index contributed by atoms with van der Waals surface area (Å²) in [4.78, 5) is 0. The number of aliphatic hydroxyl groups is 2. The van der Waals surface area contributed by atoms with Crippen molar-refractivity contribution in [2.75, 3.05) is 0 Å². The van der Waals surface area contributed by atoms with E-state index in [1.165, 1.54) is 29.6 Å². The quantitative estimate of drug-likeness (QED) is 0.499. The van der Waals surface area contributed by atoms with Gasteiger partial charge in [-0.25, -0.2) is 0 Å². The van der Waals surface area contributed by atoms with Crippen LogP contribution < -0.4 is 0 Å². The molecule has 3 aliphatic rings. The van der Waals surface area contributed by atoms with Crippen LogP contribution in [0.15, 0.2) is 47.6 Å². The van der Waals surface area contributed by atoms with Crippen LogP contribution in [0.4, 0.5) is 0 Å². The molecule has 1 unspecified atom stereocenters. The van der Waals surface area contributed by atoms with Gasteiger partial charge in [0.15, 0.2) is 0 Å². The van der Waals surface area contributed by atoms with E-state index in [1.54, 1.807) is 0 Å². The number of hydrogen-bond acceptors (Lipinski definition) is 2. The van der Waals surface area contributed by atoms with Crippen LogP contribution in [0.1, 0.15) is 79.6 Å². The average Bonchev–Trinajstić information content (AvgIpc) is 2.96. The average molecular weight is 413 g/mol. The smallest absolute Gasteiger partial charge is 0.0585 e. The molecule has 0 aromatic heterocycles. The molecular weight excluding hydrogens is 368 g/mol. The molecule has 3 saturated carbocycles. The van der Waals surface area contributed by atoms with E-state index in [9.17, 15) is 10.2 Å². The molecule has 0 aliphatic heterocycles. The maximum atomic E-state index is 11.1. The first kappa shape index (κ1) is 23.5. The van der Waals surface area contributed by atoms with Gasteiger partial charge >= 0.3 is 0 Å². The lowest BCUT2D eigenvalue weighted by Gasteiger charge is -2.44. The van der Waals surface area contributed by atoms with Crippen LogP contribution in [0.2, 0.25) is 0 Å². The Kier molecular flexibility index (Phi) is 7.51. The van der Waals surface area contributed by atoms with Gasteiger partial charge in [-0.3, -0.25) is 0 Å². The van der Waals surface area contributed by atoms with Gasteiger partial charge in [-0.1, -0.05) is 76.6 Å². The van der Waals surface area contributed by atoms with Crippen molar-refractivity contribution < 1.29 is 10.2 Å². The Morgan fingerprint density at radius 3 is 2.50 bits per heavy atom. The van der Waals surface area contributed by atoms with E-state index in [0.29, 0.717) is 29.6 Å². The molecule has 3 fully saturated rings. The van der Waals surface area contributed by atoms with E-state index in [4.69, 9.17) is 0 Å². The van der Waals surface area contributed by atoms with Crippen molar-refractivity contribution in [2.24, 2.45) is 35.0 Å². The Morgan fingerprint density at radius 2 is 1.80 bits per heavy atom. The van der Waals surface area contributed by atoms with Gasteiger partial charge < -0.3 is 10.2 Å². The second kappa shape index (κ2) is 9.57. The highest BCUT2D eigenvalue weighted by Gasteiger charge is 2.54. The zero-order chi connectivity index (χ0) is 22.1. The second-order valence-electron chi connectivity index (χ2n) is 11.0. The molecule has 0 spiro atoms. The van der Waals surface area contributed by atoms with Gasteiger partial charge in [0.1, 0.15) is 0 Å². The Balaban J connectivity index is 1.80. The molecule has 0 aromatic rings. The summed E-state index contributed by atoms with van der Waals surface area (Å²) in [7, 11) is 0. The van der Waals surface area contributed by atoms with Gasteiger partial charge in [-0.2, -0.15) is 0 Å². The van der Waals surface area contributed by atoms with Crippen LogP contribution in [0, 0.1) is 35.0 Å². The van der Waals surface area contributed by atoms with Gasteiger partial charge in [0.2, 0.25) is 0 Å². The molecule has 2 nitrogen and oxygen atoms in total. The summed E-state index contributed by atoms with van der Waals surface area (Å²) in [6, 6.07) is 0. The molecule has 0 saturated heterocycles. The molecule has 0 aromatic carbocycles. The molecule has 2 heteroatoms. The van der Waals surface area contributed by atoms with Crippen LogP contribution in [0.5, 0.6) is 0 Å². The molecule has 30 heavy (non-hydrogen) atoms. The second-order valence-corrected chi connectivity index (χ2v) is 11.0. The molecule has 0 radical (unpaired) electrons. The Labute approximate surface area is 184 Å². The summed E-state index contributed by atoms with van der Waals surface area (Å²) in [5.41, 5.74) is 4.05. The number of allylic oxidation sites excluding steroid dienone is 6. The van der Waals surface area contributed by atoms with Crippen molar-refractivity contribution in [2.45, 2.75) is 91.8 Å². The Bertz CT molecular complexity index is 712. The summed E-state index contributed by atoms with van der Waals surface area (Å²) in [6.45, 7) is 15.8. The molecule has 0 heterocycles. The summed E-state index contributed by atoms with van der Waals surface area (Å²) in [5.74, 6) is 2.39. The summed E-state index contributed by atoms with van der Waals surface area (Å²) in [6.07, 6.45) is 15.7. The minimum atomic E-state index is -0.227.